The minimum atomic E-state index is -0.245. The second-order valence-electron chi connectivity index (χ2n) is 8.63. The first-order chi connectivity index (χ1) is 11.2. The molecule has 2 fully saturated rings. The average molecular weight is 332 g/mol. The van der Waals surface area contributed by atoms with Gasteiger partial charge in [0, 0.05) is 29.4 Å². The third-order valence-corrected chi connectivity index (χ3v) is 5.39. The standard InChI is InChI=1S/C19H32N4O/c1-18(2)10-15(21)11-19(3,4)23(18)13-14(12-20)17(24)22-16-8-6-5-7-9-16/h13,15-16H,5-11,21H2,1-4H3,(H,22,24)/b14-13-. The molecule has 1 heterocycles. The molecule has 1 aliphatic heterocycles. The summed E-state index contributed by atoms with van der Waals surface area (Å²) in [5.41, 5.74) is 6.02. The van der Waals surface area contributed by atoms with Crippen LogP contribution in [-0.2, 0) is 4.79 Å². The fraction of sp³-hybridized carbons (Fsp3) is 0.789. The predicted molar refractivity (Wildman–Crippen MR) is 95.9 cm³/mol. The van der Waals surface area contributed by atoms with Gasteiger partial charge in [-0.3, -0.25) is 4.79 Å². The van der Waals surface area contributed by atoms with Crippen LogP contribution in [0.1, 0.15) is 72.6 Å². The molecule has 0 aromatic rings. The minimum absolute atomic E-state index is 0.140. The van der Waals surface area contributed by atoms with E-state index in [0.29, 0.717) is 0 Å². The van der Waals surface area contributed by atoms with E-state index in [9.17, 15) is 10.1 Å². The summed E-state index contributed by atoms with van der Waals surface area (Å²) in [6.45, 7) is 8.49. The van der Waals surface area contributed by atoms with Crippen LogP contribution in [0.2, 0.25) is 0 Å². The Bertz CT molecular complexity index is 520. The third-order valence-electron chi connectivity index (χ3n) is 5.39. The lowest BCUT2D eigenvalue weighted by Gasteiger charge is -2.54. The van der Waals surface area contributed by atoms with E-state index in [4.69, 9.17) is 5.73 Å². The highest BCUT2D eigenvalue weighted by atomic mass is 16.1. The van der Waals surface area contributed by atoms with E-state index in [2.05, 4.69) is 44.0 Å². The van der Waals surface area contributed by atoms with Crippen LogP contribution in [0.4, 0.5) is 0 Å². The lowest BCUT2D eigenvalue weighted by atomic mass is 9.77. The number of carbonyl (C=O) groups excluding carboxylic acids is 1. The van der Waals surface area contributed by atoms with Crippen molar-refractivity contribution in [2.24, 2.45) is 5.73 Å². The zero-order valence-corrected chi connectivity index (χ0v) is 15.6. The highest BCUT2D eigenvalue weighted by Crippen LogP contribution is 2.38. The molecule has 1 amide bonds. The van der Waals surface area contributed by atoms with E-state index in [1.165, 1.54) is 6.42 Å². The molecule has 0 atom stereocenters. The number of nitrogens with zero attached hydrogens (tertiary/aromatic N) is 2. The summed E-state index contributed by atoms with van der Waals surface area (Å²) in [5.74, 6) is -0.245. The van der Waals surface area contributed by atoms with Crippen LogP contribution in [0.3, 0.4) is 0 Å². The second kappa shape index (κ2) is 7.14. The molecule has 0 spiro atoms. The molecule has 2 aliphatic rings. The van der Waals surface area contributed by atoms with Crippen LogP contribution in [0.25, 0.3) is 0 Å². The van der Waals surface area contributed by atoms with Crippen LogP contribution >= 0.6 is 0 Å². The number of piperidine rings is 1. The van der Waals surface area contributed by atoms with Gasteiger partial charge in [0.1, 0.15) is 11.6 Å². The maximum atomic E-state index is 12.5. The van der Waals surface area contributed by atoms with Crippen molar-refractivity contribution in [3.8, 4) is 6.07 Å². The number of amides is 1. The Kier molecular flexibility index (Phi) is 5.59. The lowest BCUT2D eigenvalue weighted by Crippen LogP contribution is -2.61. The smallest absolute Gasteiger partial charge is 0.263 e. The molecule has 0 bridgehead atoms. The van der Waals surface area contributed by atoms with Crippen LogP contribution in [0, 0.1) is 11.3 Å². The molecule has 2 rings (SSSR count). The molecule has 0 unspecified atom stereocenters. The summed E-state index contributed by atoms with van der Waals surface area (Å²) in [4.78, 5) is 14.7. The van der Waals surface area contributed by atoms with Crippen molar-refractivity contribution in [1.82, 2.24) is 10.2 Å². The predicted octanol–water partition coefficient (Wildman–Crippen LogP) is 2.82. The summed E-state index contributed by atoms with van der Waals surface area (Å²) in [6.07, 6.45) is 9.01. The number of carbonyl (C=O) groups is 1. The van der Waals surface area contributed by atoms with Crippen molar-refractivity contribution in [3.63, 3.8) is 0 Å². The van der Waals surface area contributed by atoms with Gasteiger partial charge < -0.3 is 16.0 Å². The van der Waals surface area contributed by atoms with Crippen LogP contribution < -0.4 is 11.1 Å². The number of nitriles is 1. The van der Waals surface area contributed by atoms with Gasteiger partial charge in [-0.1, -0.05) is 19.3 Å². The van der Waals surface area contributed by atoms with Gasteiger partial charge in [0.05, 0.1) is 0 Å². The summed E-state index contributed by atoms with van der Waals surface area (Å²) < 4.78 is 0. The van der Waals surface area contributed by atoms with E-state index in [1.54, 1.807) is 6.20 Å². The number of hydrogen-bond donors (Lipinski definition) is 2. The summed E-state index contributed by atoms with van der Waals surface area (Å²) in [6, 6.07) is 2.45. The van der Waals surface area contributed by atoms with E-state index >= 15 is 0 Å². The lowest BCUT2D eigenvalue weighted by molar-refractivity contribution is -0.118. The first-order valence-electron chi connectivity index (χ1n) is 9.13. The van der Waals surface area contributed by atoms with E-state index in [0.717, 1.165) is 38.5 Å². The van der Waals surface area contributed by atoms with Crippen molar-refractivity contribution < 1.29 is 4.79 Å². The van der Waals surface area contributed by atoms with Crippen molar-refractivity contribution >= 4 is 5.91 Å². The van der Waals surface area contributed by atoms with Crippen molar-refractivity contribution in [2.45, 2.75) is 95.8 Å². The Morgan fingerprint density at radius 1 is 1.17 bits per heavy atom. The van der Waals surface area contributed by atoms with Crippen LogP contribution in [0.15, 0.2) is 11.8 Å². The van der Waals surface area contributed by atoms with Gasteiger partial charge in [0.15, 0.2) is 0 Å². The van der Waals surface area contributed by atoms with Gasteiger partial charge in [-0.25, -0.2) is 0 Å². The number of nitrogens with one attached hydrogen (secondary N) is 1. The molecule has 1 saturated heterocycles. The van der Waals surface area contributed by atoms with Gasteiger partial charge in [-0.05, 0) is 53.4 Å². The van der Waals surface area contributed by atoms with Crippen molar-refractivity contribution in [3.05, 3.63) is 11.8 Å². The molecular formula is C19H32N4O. The first kappa shape index (κ1) is 18.8. The molecule has 1 aliphatic carbocycles. The van der Waals surface area contributed by atoms with Crippen LogP contribution in [-0.4, -0.2) is 34.0 Å². The Morgan fingerprint density at radius 2 is 1.71 bits per heavy atom. The summed E-state index contributed by atoms with van der Waals surface area (Å²) in [5, 5.41) is 12.6. The third kappa shape index (κ3) is 4.30. The van der Waals surface area contributed by atoms with Gasteiger partial charge in [-0.15, -0.1) is 0 Å². The Labute approximate surface area is 146 Å². The summed E-state index contributed by atoms with van der Waals surface area (Å²) >= 11 is 0. The monoisotopic (exact) mass is 332 g/mol. The largest absolute Gasteiger partial charge is 0.366 e. The maximum Gasteiger partial charge on any atom is 0.263 e. The Hall–Kier alpha value is -1.54. The van der Waals surface area contributed by atoms with E-state index < -0.39 is 0 Å². The molecular weight excluding hydrogens is 300 g/mol. The number of nitrogens with two attached hydrogens (primary N) is 1. The zero-order valence-electron chi connectivity index (χ0n) is 15.6. The van der Waals surface area contributed by atoms with E-state index in [-0.39, 0.29) is 34.6 Å². The molecule has 24 heavy (non-hydrogen) atoms. The topological polar surface area (TPSA) is 82.2 Å². The fourth-order valence-corrected chi connectivity index (χ4v) is 4.50. The molecule has 134 valence electrons. The SMILES string of the molecule is CC1(C)CC(N)CC(C)(C)N1/C=C(/C#N)C(=O)NC1CCCCC1. The van der Waals surface area contributed by atoms with Crippen molar-refractivity contribution in [2.75, 3.05) is 0 Å². The molecule has 0 aromatic heterocycles. The minimum Gasteiger partial charge on any atom is -0.366 e. The van der Waals surface area contributed by atoms with Gasteiger partial charge in [-0.2, -0.15) is 5.26 Å². The Morgan fingerprint density at radius 3 is 2.21 bits per heavy atom. The average Bonchev–Trinajstić information content (AvgIpc) is 2.45. The summed E-state index contributed by atoms with van der Waals surface area (Å²) in [7, 11) is 0. The molecule has 5 nitrogen and oxygen atoms in total. The van der Waals surface area contributed by atoms with Crippen molar-refractivity contribution in [1.29, 1.82) is 5.26 Å². The molecule has 0 radical (unpaired) electrons. The van der Waals surface area contributed by atoms with Gasteiger partial charge in [0.25, 0.3) is 5.91 Å². The van der Waals surface area contributed by atoms with E-state index in [1.807, 2.05) is 0 Å². The fourth-order valence-electron chi connectivity index (χ4n) is 4.50. The number of rotatable bonds is 3. The molecule has 0 aromatic carbocycles. The molecule has 1 saturated carbocycles. The zero-order chi connectivity index (χ0) is 18.0. The van der Waals surface area contributed by atoms with Gasteiger partial charge in [0.2, 0.25) is 0 Å². The highest BCUT2D eigenvalue weighted by Gasteiger charge is 2.43. The Balaban J connectivity index is 2.18. The molecule has 5 heteroatoms. The number of hydrogen-bond acceptors (Lipinski definition) is 4. The number of likely N-dealkylation sites (tertiary alicyclic amines) is 1. The first-order valence-corrected chi connectivity index (χ1v) is 9.13. The second-order valence-corrected chi connectivity index (χ2v) is 8.63. The normalized spacial score (nSPS) is 25.2. The maximum absolute atomic E-state index is 12.5. The van der Waals surface area contributed by atoms with Crippen LogP contribution in [0.5, 0.6) is 0 Å². The molecule has 3 N–H and O–H groups in total. The quantitative estimate of drug-likeness (QED) is 0.615. The van der Waals surface area contributed by atoms with Gasteiger partial charge >= 0.3 is 0 Å². The highest BCUT2D eigenvalue weighted by molar-refractivity contribution is 5.97.